The molecule has 0 N–H and O–H groups in total. The van der Waals surface area contributed by atoms with Gasteiger partial charge in [-0.2, -0.15) is 0 Å². The first-order valence-corrected chi connectivity index (χ1v) is 2.15. The van der Waals surface area contributed by atoms with Crippen LogP contribution in [0.5, 0.6) is 0 Å². The van der Waals surface area contributed by atoms with E-state index >= 15 is 0 Å². The number of hydrogen-bond acceptors (Lipinski definition) is 0. The molecule has 0 amide bonds. The summed E-state index contributed by atoms with van der Waals surface area (Å²) >= 11 is 4.88. The standard InChI is InChI=1S/CBr2F/c2-1(3)4. The fraction of sp³-hybridized carbons (Fsp3) is 0. The van der Waals surface area contributed by atoms with Crippen LogP contribution in [0, 0.1) is 3.99 Å². The van der Waals surface area contributed by atoms with Crippen LogP contribution in [0.4, 0.5) is 4.39 Å². The van der Waals surface area contributed by atoms with E-state index in [9.17, 15) is 4.39 Å². The molecule has 25 valence electrons. The van der Waals surface area contributed by atoms with Crippen LogP contribution in [-0.4, -0.2) is 0 Å². The summed E-state index contributed by atoms with van der Waals surface area (Å²) in [6.45, 7) is 0. The Hall–Kier alpha value is 0.890. The molecular formula is CBr2F. The molecule has 0 saturated heterocycles. The van der Waals surface area contributed by atoms with Crippen molar-refractivity contribution in [2.45, 2.75) is 0 Å². The van der Waals surface area contributed by atoms with Crippen molar-refractivity contribution in [2.75, 3.05) is 0 Å². The summed E-state index contributed by atoms with van der Waals surface area (Å²) in [5.74, 6) is 0. The average molecular weight is 191 g/mol. The largest absolute Gasteiger partial charge is 0.272 e. The van der Waals surface area contributed by atoms with E-state index < -0.39 is 3.99 Å². The van der Waals surface area contributed by atoms with Gasteiger partial charge in [-0.1, -0.05) is 0 Å². The Labute approximate surface area is 40.6 Å². The second kappa shape index (κ2) is 2.15. The molecule has 0 aliphatic carbocycles. The monoisotopic (exact) mass is 189 g/mol. The Kier molecular flexibility index (Phi) is 2.62. The van der Waals surface area contributed by atoms with Crippen molar-refractivity contribution in [1.82, 2.24) is 0 Å². The zero-order valence-corrected chi connectivity index (χ0v) is 4.81. The molecule has 1 radical (unpaired) electrons. The molecule has 0 unspecified atom stereocenters. The lowest BCUT2D eigenvalue weighted by Crippen LogP contribution is -1.38. The third-order valence-electron chi connectivity index (χ3n) is 0. The lowest BCUT2D eigenvalue weighted by molar-refractivity contribution is 0.678. The maximum Gasteiger partial charge on any atom is 0.272 e. The van der Waals surface area contributed by atoms with Gasteiger partial charge in [-0.25, -0.2) is 4.39 Å². The fourth-order valence-corrected chi connectivity index (χ4v) is 0. The zero-order chi connectivity index (χ0) is 3.58. The Balaban J connectivity index is 2.32. The van der Waals surface area contributed by atoms with Crippen molar-refractivity contribution in [3.8, 4) is 0 Å². The number of halogens is 3. The highest BCUT2D eigenvalue weighted by molar-refractivity contribution is 9.27. The zero-order valence-electron chi connectivity index (χ0n) is 1.63. The summed E-state index contributed by atoms with van der Waals surface area (Å²) < 4.78 is 10.3. The lowest BCUT2D eigenvalue weighted by atomic mass is 11.8. The van der Waals surface area contributed by atoms with Crippen LogP contribution < -0.4 is 0 Å². The quantitative estimate of drug-likeness (QED) is 0.550. The van der Waals surface area contributed by atoms with Gasteiger partial charge in [-0.15, -0.1) is 0 Å². The predicted octanol–water partition coefficient (Wildman–Crippen LogP) is 2.19. The van der Waals surface area contributed by atoms with E-state index in [0.717, 1.165) is 0 Å². The van der Waals surface area contributed by atoms with Crippen LogP contribution in [0.15, 0.2) is 0 Å². The van der Waals surface area contributed by atoms with Gasteiger partial charge in [0.15, 0.2) is 0 Å². The maximum atomic E-state index is 10.8. The van der Waals surface area contributed by atoms with Crippen molar-refractivity contribution < 1.29 is 4.39 Å². The van der Waals surface area contributed by atoms with E-state index in [-0.39, 0.29) is 0 Å². The molecule has 0 aliphatic rings. The molecule has 3 heteroatoms. The van der Waals surface area contributed by atoms with Crippen molar-refractivity contribution in [1.29, 1.82) is 0 Å². The van der Waals surface area contributed by atoms with Gasteiger partial charge in [0.1, 0.15) is 0 Å². The highest BCUT2D eigenvalue weighted by Crippen LogP contribution is 2.17. The third kappa shape index (κ3) is 13.0. The molecule has 4 heavy (non-hydrogen) atoms. The van der Waals surface area contributed by atoms with Crippen molar-refractivity contribution in [3.05, 3.63) is 3.99 Å². The first-order valence-electron chi connectivity index (χ1n) is 0.567. The average Bonchev–Trinajstić information content (AvgIpc) is 0.811. The highest BCUT2D eigenvalue weighted by Gasteiger charge is 1.83. The van der Waals surface area contributed by atoms with Gasteiger partial charge in [0, 0.05) is 0 Å². The summed E-state index contributed by atoms with van der Waals surface area (Å²) in [4.78, 5) is 0. The van der Waals surface area contributed by atoms with Crippen LogP contribution in [-0.2, 0) is 0 Å². The molecular weight excluding hydrogens is 191 g/mol. The van der Waals surface area contributed by atoms with Gasteiger partial charge in [0.2, 0.25) is 0 Å². The summed E-state index contributed by atoms with van der Waals surface area (Å²) in [5.41, 5.74) is 0. The fourth-order valence-electron chi connectivity index (χ4n) is 0. The van der Waals surface area contributed by atoms with Gasteiger partial charge < -0.3 is 0 Å². The molecule has 0 aliphatic heterocycles. The maximum absolute atomic E-state index is 10.8. The van der Waals surface area contributed by atoms with E-state index in [1.807, 2.05) is 0 Å². The van der Waals surface area contributed by atoms with Gasteiger partial charge in [0.05, 0.1) is 0 Å². The third-order valence-corrected chi connectivity index (χ3v) is 0. The van der Waals surface area contributed by atoms with Crippen LogP contribution in [0.1, 0.15) is 0 Å². The molecule has 0 spiro atoms. The Morgan fingerprint density at radius 3 is 1.50 bits per heavy atom. The van der Waals surface area contributed by atoms with E-state index in [2.05, 4.69) is 31.9 Å². The minimum absolute atomic E-state index is 0.458. The first kappa shape index (κ1) is 4.89. The first-order chi connectivity index (χ1) is 1.73. The van der Waals surface area contributed by atoms with E-state index in [0.29, 0.717) is 0 Å². The normalized spacial score (nSPS) is 9.00. The summed E-state index contributed by atoms with van der Waals surface area (Å²) in [6.07, 6.45) is 0. The number of hydrogen-bond donors (Lipinski definition) is 0. The van der Waals surface area contributed by atoms with Crippen LogP contribution >= 0.6 is 31.9 Å². The van der Waals surface area contributed by atoms with Crippen molar-refractivity contribution in [3.63, 3.8) is 0 Å². The molecule has 0 nitrogen and oxygen atoms in total. The van der Waals surface area contributed by atoms with Crippen LogP contribution in [0.2, 0.25) is 0 Å². The Bertz CT molecular complexity index is 10.8. The van der Waals surface area contributed by atoms with Gasteiger partial charge in [0.25, 0.3) is 3.99 Å². The highest BCUT2D eigenvalue weighted by atomic mass is 79.9. The molecule has 0 aromatic rings. The summed E-state index contributed by atoms with van der Waals surface area (Å²) in [7, 11) is 0. The Morgan fingerprint density at radius 2 is 1.50 bits per heavy atom. The minimum atomic E-state index is -0.458. The van der Waals surface area contributed by atoms with Crippen molar-refractivity contribution in [2.24, 2.45) is 0 Å². The number of rotatable bonds is 0. The smallest absolute Gasteiger partial charge is 0.213 e. The van der Waals surface area contributed by atoms with E-state index in [1.165, 1.54) is 0 Å². The molecule has 0 atom stereocenters. The summed E-state index contributed by atoms with van der Waals surface area (Å²) in [5, 5.41) is 0. The molecule has 0 fully saturated rings. The second-order valence-corrected chi connectivity index (χ2v) is 2.67. The van der Waals surface area contributed by atoms with Gasteiger partial charge in [-0.3, -0.25) is 0 Å². The van der Waals surface area contributed by atoms with E-state index in [1.54, 1.807) is 0 Å². The molecule has 0 bridgehead atoms. The van der Waals surface area contributed by atoms with Gasteiger partial charge >= 0.3 is 0 Å². The minimum Gasteiger partial charge on any atom is -0.213 e. The molecule has 0 heterocycles. The molecule has 0 rings (SSSR count). The van der Waals surface area contributed by atoms with Crippen LogP contribution in [0.3, 0.4) is 0 Å². The van der Waals surface area contributed by atoms with Gasteiger partial charge in [-0.05, 0) is 31.9 Å². The van der Waals surface area contributed by atoms with Crippen molar-refractivity contribution >= 4 is 31.9 Å². The lowest BCUT2D eigenvalue weighted by Gasteiger charge is -1.65. The topological polar surface area (TPSA) is 0 Å². The Morgan fingerprint density at radius 1 is 1.50 bits per heavy atom. The molecule has 0 saturated carbocycles. The predicted molar refractivity (Wildman–Crippen MR) is 22.2 cm³/mol. The van der Waals surface area contributed by atoms with Crippen LogP contribution in [0.25, 0.3) is 0 Å². The second-order valence-electron chi connectivity index (χ2n) is 0.214. The molecule has 0 aromatic heterocycles. The van der Waals surface area contributed by atoms with E-state index in [4.69, 9.17) is 0 Å². The SMILES string of the molecule is F[C](Br)Br. The summed E-state index contributed by atoms with van der Waals surface area (Å²) in [6, 6.07) is 0. The molecule has 0 aromatic carbocycles.